The first-order valence-corrected chi connectivity index (χ1v) is 9.77. The summed E-state index contributed by atoms with van der Waals surface area (Å²) in [5, 5.41) is 2.91. The van der Waals surface area contributed by atoms with Crippen LogP contribution in [0.3, 0.4) is 0 Å². The number of nitrogens with one attached hydrogen (secondary N) is 1. The number of carbonyl (C=O) groups excluding carboxylic acids is 2. The number of hydrogen-bond donors (Lipinski definition) is 1. The van der Waals surface area contributed by atoms with Crippen molar-refractivity contribution in [3.63, 3.8) is 0 Å². The number of piperidine rings is 1. The molecular formula is C23H27FN2O2. The van der Waals surface area contributed by atoms with Crippen molar-refractivity contribution in [1.82, 2.24) is 10.2 Å². The van der Waals surface area contributed by atoms with Crippen LogP contribution < -0.4 is 5.32 Å². The third-order valence-corrected chi connectivity index (χ3v) is 5.28. The van der Waals surface area contributed by atoms with Crippen molar-refractivity contribution in [3.05, 3.63) is 70.5 Å². The van der Waals surface area contributed by atoms with Gasteiger partial charge in [0, 0.05) is 24.2 Å². The van der Waals surface area contributed by atoms with Gasteiger partial charge in [-0.1, -0.05) is 35.4 Å². The van der Waals surface area contributed by atoms with E-state index in [1.54, 1.807) is 30.0 Å². The number of hydrogen-bond acceptors (Lipinski definition) is 2. The van der Waals surface area contributed by atoms with E-state index in [9.17, 15) is 14.0 Å². The predicted molar refractivity (Wildman–Crippen MR) is 108 cm³/mol. The summed E-state index contributed by atoms with van der Waals surface area (Å²) >= 11 is 0. The molecule has 3 rings (SSSR count). The van der Waals surface area contributed by atoms with E-state index in [1.807, 2.05) is 32.0 Å². The third kappa shape index (κ3) is 4.58. The normalized spacial score (nSPS) is 17.9. The molecule has 148 valence electrons. The van der Waals surface area contributed by atoms with Crippen LogP contribution in [0.2, 0.25) is 0 Å². The lowest BCUT2D eigenvalue weighted by atomic mass is 9.95. The van der Waals surface area contributed by atoms with Crippen LogP contribution >= 0.6 is 0 Å². The summed E-state index contributed by atoms with van der Waals surface area (Å²) in [5.74, 6) is -0.775. The molecule has 1 N–H and O–H groups in total. The molecule has 0 radical (unpaired) electrons. The lowest BCUT2D eigenvalue weighted by Crippen LogP contribution is -2.46. The Bertz CT molecular complexity index is 860. The zero-order valence-corrected chi connectivity index (χ0v) is 16.7. The van der Waals surface area contributed by atoms with Crippen LogP contribution in [0.5, 0.6) is 0 Å². The molecule has 0 aromatic heterocycles. The van der Waals surface area contributed by atoms with Crippen LogP contribution in [0.4, 0.5) is 4.39 Å². The zero-order chi connectivity index (χ0) is 20.3. The average molecular weight is 382 g/mol. The highest BCUT2D eigenvalue weighted by atomic mass is 19.1. The summed E-state index contributed by atoms with van der Waals surface area (Å²) in [5.41, 5.74) is 3.23. The van der Waals surface area contributed by atoms with Gasteiger partial charge in [-0.15, -0.1) is 0 Å². The van der Waals surface area contributed by atoms with E-state index in [2.05, 4.69) is 5.32 Å². The minimum Gasteiger partial charge on any atom is -0.349 e. The molecule has 0 saturated carbocycles. The first kappa shape index (κ1) is 20.1. The first-order chi connectivity index (χ1) is 13.3. The van der Waals surface area contributed by atoms with Crippen LogP contribution in [0, 0.1) is 25.6 Å². The molecule has 2 aromatic carbocycles. The highest BCUT2D eigenvalue weighted by Crippen LogP contribution is 2.22. The maximum Gasteiger partial charge on any atom is 0.253 e. The molecule has 28 heavy (non-hydrogen) atoms. The van der Waals surface area contributed by atoms with Crippen molar-refractivity contribution in [2.24, 2.45) is 5.92 Å². The van der Waals surface area contributed by atoms with Gasteiger partial charge in [0.25, 0.3) is 5.91 Å². The Morgan fingerprint density at radius 2 is 1.82 bits per heavy atom. The second-order valence-electron chi connectivity index (χ2n) is 7.72. The minimum atomic E-state index is -0.417. The number of aryl methyl sites for hydroxylation is 2. The van der Waals surface area contributed by atoms with Crippen LogP contribution in [0.25, 0.3) is 0 Å². The summed E-state index contributed by atoms with van der Waals surface area (Å²) in [4.78, 5) is 27.4. The van der Waals surface area contributed by atoms with Crippen LogP contribution in [0.1, 0.15) is 52.9 Å². The van der Waals surface area contributed by atoms with Gasteiger partial charge in [-0.25, -0.2) is 4.39 Å². The van der Waals surface area contributed by atoms with Crippen molar-refractivity contribution in [3.8, 4) is 0 Å². The molecule has 0 bridgehead atoms. The van der Waals surface area contributed by atoms with E-state index in [0.29, 0.717) is 24.2 Å². The van der Waals surface area contributed by atoms with Gasteiger partial charge < -0.3 is 10.2 Å². The van der Waals surface area contributed by atoms with Crippen LogP contribution in [0.15, 0.2) is 42.5 Å². The van der Waals surface area contributed by atoms with E-state index in [1.165, 1.54) is 6.07 Å². The number of amides is 2. The molecule has 2 atom stereocenters. The SMILES string of the molecule is Cc1cc(C)cc(C(=O)N2CCC[C@H](C(=O)N[C@H](C)c3ccccc3F)C2)c1. The largest absolute Gasteiger partial charge is 0.349 e. The van der Waals surface area contributed by atoms with E-state index >= 15 is 0 Å². The fraction of sp³-hybridized carbons (Fsp3) is 0.391. The second kappa shape index (κ2) is 8.55. The Balaban J connectivity index is 1.66. The lowest BCUT2D eigenvalue weighted by Gasteiger charge is -2.33. The molecule has 1 aliphatic rings. The first-order valence-electron chi connectivity index (χ1n) is 9.77. The van der Waals surface area contributed by atoms with Gasteiger partial charge in [0.2, 0.25) is 5.91 Å². The maximum atomic E-state index is 13.9. The van der Waals surface area contributed by atoms with E-state index in [4.69, 9.17) is 0 Å². The summed E-state index contributed by atoms with van der Waals surface area (Å²) in [6.45, 7) is 6.76. The molecule has 0 aliphatic carbocycles. The van der Waals surface area contributed by atoms with Crippen LogP contribution in [-0.4, -0.2) is 29.8 Å². The van der Waals surface area contributed by atoms with Crippen molar-refractivity contribution in [2.45, 2.75) is 39.7 Å². The van der Waals surface area contributed by atoms with Crippen molar-refractivity contribution >= 4 is 11.8 Å². The number of benzene rings is 2. The monoisotopic (exact) mass is 382 g/mol. The van der Waals surface area contributed by atoms with Gasteiger partial charge in [0.05, 0.1) is 12.0 Å². The fourth-order valence-corrected chi connectivity index (χ4v) is 3.89. The van der Waals surface area contributed by atoms with Gasteiger partial charge in [-0.05, 0) is 51.8 Å². The fourth-order valence-electron chi connectivity index (χ4n) is 3.89. The molecular weight excluding hydrogens is 355 g/mol. The summed E-state index contributed by atoms with van der Waals surface area (Å²) in [6, 6.07) is 11.8. The zero-order valence-electron chi connectivity index (χ0n) is 16.7. The number of carbonyl (C=O) groups is 2. The molecule has 1 fully saturated rings. The number of rotatable bonds is 4. The van der Waals surface area contributed by atoms with E-state index < -0.39 is 6.04 Å². The minimum absolute atomic E-state index is 0.0357. The molecule has 1 aliphatic heterocycles. The quantitative estimate of drug-likeness (QED) is 0.863. The van der Waals surface area contributed by atoms with Gasteiger partial charge in [-0.2, -0.15) is 0 Å². The topological polar surface area (TPSA) is 49.4 Å². The Morgan fingerprint density at radius 1 is 1.14 bits per heavy atom. The Labute approximate surface area is 165 Å². The van der Waals surface area contributed by atoms with Gasteiger partial charge >= 0.3 is 0 Å². The molecule has 0 unspecified atom stereocenters. The van der Waals surface area contributed by atoms with E-state index in [-0.39, 0.29) is 23.5 Å². The average Bonchev–Trinajstić information content (AvgIpc) is 2.67. The molecule has 4 nitrogen and oxygen atoms in total. The summed E-state index contributed by atoms with van der Waals surface area (Å²) < 4.78 is 13.9. The maximum absolute atomic E-state index is 13.9. The Hall–Kier alpha value is -2.69. The van der Waals surface area contributed by atoms with Gasteiger partial charge in [0.1, 0.15) is 5.82 Å². The van der Waals surface area contributed by atoms with E-state index in [0.717, 1.165) is 24.0 Å². The highest BCUT2D eigenvalue weighted by molar-refractivity contribution is 5.95. The second-order valence-corrected chi connectivity index (χ2v) is 7.72. The molecule has 5 heteroatoms. The van der Waals surface area contributed by atoms with Crippen LogP contribution in [-0.2, 0) is 4.79 Å². The summed E-state index contributed by atoms with van der Waals surface area (Å²) in [6.07, 6.45) is 1.51. The third-order valence-electron chi connectivity index (χ3n) is 5.28. The highest BCUT2D eigenvalue weighted by Gasteiger charge is 2.30. The van der Waals surface area contributed by atoms with Crippen molar-refractivity contribution < 1.29 is 14.0 Å². The molecule has 0 spiro atoms. The Morgan fingerprint density at radius 3 is 2.50 bits per heavy atom. The number of halogens is 1. The number of likely N-dealkylation sites (tertiary alicyclic amines) is 1. The summed E-state index contributed by atoms with van der Waals surface area (Å²) in [7, 11) is 0. The van der Waals surface area contributed by atoms with Gasteiger partial charge in [-0.3, -0.25) is 9.59 Å². The standard InChI is InChI=1S/C23H27FN2O2/c1-15-11-16(2)13-19(12-15)23(28)26-10-6-7-18(14-26)22(27)25-17(3)20-8-4-5-9-21(20)24/h4-5,8-9,11-13,17-18H,6-7,10,14H2,1-3H3,(H,25,27)/t17-,18+/m1/s1. The van der Waals surface area contributed by atoms with Crippen molar-refractivity contribution in [1.29, 1.82) is 0 Å². The molecule has 2 aromatic rings. The predicted octanol–water partition coefficient (Wildman–Crippen LogP) is 4.17. The smallest absolute Gasteiger partial charge is 0.253 e. The number of nitrogens with zero attached hydrogens (tertiary/aromatic N) is 1. The Kier molecular flexibility index (Phi) is 6.12. The lowest BCUT2D eigenvalue weighted by molar-refractivity contribution is -0.127. The molecule has 2 amide bonds. The molecule has 1 saturated heterocycles. The van der Waals surface area contributed by atoms with Gasteiger partial charge in [0.15, 0.2) is 0 Å². The van der Waals surface area contributed by atoms with Crippen molar-refractivity contribution in [2.75, 3.05) is 13.1 Å². The molecule has 1 heterocycles.